The van der Waals surface area contributed by atoms with Crippen molar-refractivity contribution in [2.24, 2.45) is 5.73 Å². The van der Waals surface area contributed by atoms with Gasteiger partial charge >= 0.3 is 0 Å². The van der Waals surface area contributed by atoms with E-state index in [0.717, 1.165) is 0 Å². The van der Waals surface area contributed by atoms with Crippen molar-refractivity contribution in [1.82, 2.24) is 10.2 Å². The molecule has 1 aromatic carbocycles. The predicted molar refractivity (Wildman–Crippen MR) is 69.3 cm³/mol. The lowest BCUT2D eigenvalue weighted by molar-refractivity contribution is -0.124. The van der Waals surface area contributed by atoms with Crippen LogP contribution in [-0.2, 0) is 4.79 Å². The molecule has 6 heteroatoms. The van der Waals surface area contributed by atoms with Gasteiger partial charge in [-0.2, -0.15) is 0 Å². The van der Waals surface area contributed by atoms with E-state index >= 15 is 0 Å². The molecule has 0 aliphatic carbocycles. The summed E-state index contributed by atoms with van der Waals surface area (Å²) in [7, 11) is 1.53. The number of hydrogen-bond acceptors (Lipinski definition) is 4. The summed E-state index contributed by atoms with van der Waals surface area (Å²) in [4.78, 5) is 13.4. The molecule has 1 saturated heterocycles. The van der Waals surface area contributed by atoms with Crippen molar-refractivity contribution in [1.29, 1.82) is 0 Å². The molecule has 1 atom stereocenters. The number of benzene rings is 1. The lowest BCUT2D eigenvalue weighted by atomic mass is 10.0. The van der Waals surface area contributed by atoms with Crippen molar-refractivity contribution in [3.8, 4) is 5.75 Å². The monoisotopic (exact) mass is 267 g/mol. The highest BCUT2D eigenvalue weighted by molar-refractivity contribution is 5.78. The molecule has 0 saturated carbocycles. The van der Waals surface area contributed by atoms with Gasteiger partial charge in [0.05, 0.1) is 19.7 Å². The topological polar surface area (TPSA) is 67.6 Å². The second-order valence-electron chi connectivity index (χ2n) is 4.46. The number of piperazine rings is 1. The summed E-state index contributed by atoms with van der Waals surface area (Å²) in [5, 5.41) is 2.76. The highest BCUT2D eigenvalue weighted by Crippen LogP contribution is 2.29. The average Bonchev–Trinajstić information content (AvgIpc) is 2.40. The molecule has 2 rings (SSSR count). The van der Waals surface area contributed by atoms with Gasteiger partial charge in [-0.25, -0.2) is 4.39 Å². The molecule has 0 aromatic heterocycles. The van der Waals surface area contributed by atoms with Crippen molar-refractivity contribution >= 4 is 5.91 Å². The fourth-order valence-electron chi connectivity index (χ4n) is 2.36. The highest BCUT2D eigenvalue weighted by atomic mass is 19.1. The smallest absolute Gasteiger partial charge is 0.234 e. The summed E-state index contributed by atoms with van der Waals surface area (Å²) in [5.41, 5.74) is 6.48. The molecule has 1 aliphatic rings. The zero-order chi connectivity index (χ0) is 13.8. The van der Waals surface area contributed by atoms with Crippen molar-refractivity contribution < 1.29 is 13.9 Å². The number of halogens is 1. The Morgan fingerprint density at radius 2 is 2.37 bits per heavy atom. The Bertz CT molecular complexity index is 467. The molecule has 1 aliphatic heterocycles. The first-order valence-electron chi connectivity index (χ1n) is 6.20. The van der Waals surface area contributed by atoms with E-state index < -0.39 is 0 Å². The number of rotatable bonds is 4. The van der Waals surface area contributed by atoms with E-state index in [1.165, 1.54) is 19.2 Å². The molecule has 1 fully saturated rings. The molecule has 1 aromatic rings. The van der Waals surface area contributed by atoms with Crippen LogP contribution in [0, 0.1) is 5.82 Å². The normalized spacial score (nSPS) is 17.9. The fourth-order valence-corrected chi connectivity index (χ4v) is 2.36. The second kappa shape index (κ2) is 5.99. The van der Waals surface area contributed by atoms with Crippen LogP contribution < -0.4 is 15.8 Å². The maximum atomic E-state index is 13.4. The van der Waals surface area contributed by atoms with Gasteiger partial charge in [-0.05, 0) is 18.2 Å². The second-order valence-corrected chi connectivity index (χ2v) is 4.46. The molecule has 1 heterocycles. The van der Waals surface area contributed by atoms with Gasteiger partial charge in [-0.15, -0.1) is 0 Å². The minimum atomic E-state index is -0.337. The fraction of sp³-hybridized carbons (Fsp3) is 0.462. The van der Waals surface area contributed by atoms with Crippen molar-refractivity contribution in [3.05, 3.63) is 29.6 Å². The van der Waals surface area contributed by atoms with E-state index in [-0.39, 0.29) is 24.3 Å². The number of nitrogens with one attached hydrogen (secondary N) is 1. The maximum Gasteiger partial charge on any atom is 0.234 e. The Kier molecular flexibility index (Phi) is 4.34. The van der Waals surface area contributed by atoms with Gasteiger partial charge in [0.25, 0.3) is 0 Å². The van der Waals surface area contributed by atoms with Gasteiger partial charge in [0, 0.05) is 25.2 Å². The summed E-state index contributed by atoms with van der Waals surface area (Å²) in [6.45, 7) is 1.83. The Labute approximate surface area is 111 Å². The van der Waals surface area contributed by atoms with Gasteiger partial charge in [0.1, 0.15) is 11.6 Å². The van der Waals surface area contributed by atoms with Gasteiger partial charge in [0.15, 0.2) is 0 Å². The summed E-state index contributed by atoms with van der Waals surface area (Å²) in [6, 6.07) is 4.12. The Hall–Kier alpha value is -1.66. The molecule has 19 heavy (non-hydrogen) atoms. The number of ether oxygens (including phenoxy) is 1. The molecular weight excluding hydrogens is 249 g/mol. The average molecular weight is 267 g/mol. The van der Waals surface area contributed by atoms with Crippen LogP contribution in [0.4, 0.5) is 4.39 Å². The Morgan fingerprint density at radius 1 is 1.58 bits per heavy atom. The Balaban J connectivity index is 2.30. The molecule has 3 N–H and O–H groups in total. The number of nitrogens with two attached hydrogens (primary N) is 1. The predicted octanol–water partition coefficient (Wildman–Crippen LogP) is 0.266. The van der Waals surface area contributed by atoms with E-state index in [1.807, 2.05) is 4.90 Å². The zero-order valence-corrected chi connectivity index (χ0v) is 10.9. The lowest BCUT2D eigenvalue weighted by Crippen LogP contribution is -2.50. The van der Waals surface area contributed by atoms with E-state index in [1.54, 1.807) is 6.07 Å². The van der Waals surface area contributed by atoms with E-state index in [9.17, 15) is 9.18 Å². The number of methoxy groups -OCH3 is 1. The number of carbonyl (C=O) groups excluding carboxylic acids is 1. The summed E-state index contributed by atoms with van der Waals surface area (Å²) >= 11 is 0. The summed E-state index contributed by atoms with van der Waals surface area (Å²) in [6.07, 6.45) is 0. The first-order chi connectivity index (χ1) is 9.15. The molecule has 1 unspecified atom stereocenters. The van der Waals surface area contributed by atoms with Crippen LogP contribution in [0.15, 0.2) is 18.2 Å². The number of hydrogen-bond donors (Lipinski definition) is 2. The molecule has 0 spiro atoms. The third-order valence-electron chi connectivity index (χ3n) is 3.28. The number of carbonyl (C=O) groups is 1. The van der Waals surface area contributed by atoms with E-state index in [2.05, 4.69) is 5.32 Å². The maximum absolute atomic E-state index is 13.4. The van der Waals surface area contributed by atoms with Gasteiger partial charge in [0.2, 0.25) is 5.91 Å². The SMILES string of the molecule is COc1ccc(F)cc1C(CN)N1CCNC(=O)C1. The van der Waals surface area contributed by atoms with Gasteiger partial charge < -0.3 is 15.8 Å². The zero-order valence-electron chi connectivity index (χ0n) is 10.9. The minimum absolute atomic E-state index is 0.0416. The van der Waals surface area contributed by atoms with Crippen LogP contribution in [0.25, 0.3) is 0 Å². The van der Waals surface area contributed by atoms with Crippen molar-refractivity contribution in [2.75, 3.05) is 33.3 Å². The molecule has 0 bridgehead atoms. The van der Waals surface area contributed by atoms with Crippen LogP contribution in [-0.4, -0.2) is 44.1 Å². The summed E-state index contributed by atoms with van der Waals surface area (Å²) in [5.74, 6) is 0.207. The third kappa shape index (κ3) is 3.02. The molecule has 104 valence electrons. The first-order valence-corrected chi connectivity index (χ1v) is 6.20. The van der Waals surface area contributed by atoms with Crippen molar-refractivity contribution in [2.45, 2.75) is 6.04 Å². The standard InChI is InChI=1S/C13H18FN3O2/c1-19-12-3-2-9(14)6-10(12)11(7-15)17-5-4-16-13(18)8-17/h2-3,6,11H,4-5,7-8,15H2,1H3,(H,16,18). The van der Waals surface area contributed by atoms with Gasteiger partial charge in [-0.3, -0.25) is 9.69 Å². The lowest BCUT2D eigenvalue weighted by Gasteiger charge is -2.34. The number of amides is 1. The van der Waals surface area contributed by atoms with Crippen LogP contribution in [0.5, 0.6) is 5.75 Å². The van der Waals surface area contributed by atoms with E-state index in [0.29, 0.717) is 30.9 Å². The first kappa shape index (κ1) is 13.8. The van der Waals surface area contributed by atoms with Crippen LogP contribution in [0.3, 0.4) is 0 Å². The molecular formula is C13H18FN3O2. The molecule has 1 amide bonds. The minimum Gasteiger partial charge on any atom is -0.496 e. The summed E-state index contributed by atoms with van der Waals surface area (Å²) < 4.78 is 18.7. The largest absolute Gasteiger partial charge is 0.496 e. The van der Waals surface area contributed by atoms with Crippen LogP contribution in [0.1, 0.15) is 11.6 Å². The van der Waals surface area contributed by atoms with Crippen molar-refractivity contribution in [3.63, 3.8) is 0 Å². The molecule has 0 radical (unpaired) electrons. The van der Waals surface area contributed by atoms with Gasteiger partial charge in [-0.1, -0.05) is 0 Å². The molecule has 5 nitrogen and oxygen atoms in total. The number of nitrogens with zero attached hydrogens (tertiary/aromatic N) is 1. The third-order valence-corrected chi connectivity index (χ3v) is 3.28. The van der Waals surface area contributed by atoms with Crippen LogP contribution >= 0.6 is 0 Å². The Morgan fingerprint density at radius 3 is 3.00 bits per heavy atom. The van der Waals surface area contributed by atoms with E-state index in [4.69, 9.17) is 10.5 Å². The quantitative estimate of drug-likeness (QED) is 0.821. The highest BCUT2D eigenvalue weighted by Gasteiger charge is 2.26. The van der Waals surface area contributed by atoms with Crippen LogP contribution in [0.2, 0.25) is 0 Å².